The summed E-state index contributed by atoms with van der Waals surface area (Å²) in [7, 11) is 0. The molecular weight excluding hydrogens is 811 g/mol. The Labute approximate surface area is 392 Å². The van der Waals surface area contributed by atoms with Crippen LogP contribution in [0.15, 0.2) is 0 Å². The highest BCUT2D eigenvalue weighted by atomic mass is 16.6. The van der Waals surface area contributed by atoms with E-state index in [-0.39, 0.29) is 75.0 Å². The Hall–Kier alpha value is -2.69. The summed E-state index contributed by atoms with van der Waals surface area (Å²) < 4.78 is 28.0. The molecule has 0 saturated heterocycles. The fourth-order valence-electron chi connectivity index (χ4n) is 7.70. The molecule has 376 valence electrons. The van der Waals surface area contributed by atoms with Crippen molar-refractivity contribution in [1.29, 1.82) is 0 Å². The number of ether oxygens (including phenoxy) is 5. The van der Waals surface area contributed by atoms with Gasteiger partial charge in [-0.2, -0.15) is 0 Å². The first-order valence-corrected chi connectivity index (χ1v) is 26.7. The van der Waals surface area contributed by atoms with Crippen molar-refractivity contribution in [2.45, 2.75) is 259 Å². The molecule has 1 unspecified atom stereocenters. The van der Waals surface area contributed by atoms with Crippen LogP contribution in [0.3, 0.4) is 0 Å². The van der Waals surface area contributed by atoms with E-state index in [4.69, 9.17) is 23.7 Å². The Kier molecular flexibility index (Phi) is 44.9. The molecule has 0 spiro atoms. The summed E-state index contributed by atoms with van der Waals surface area (Å²) in [6, 6.07) is 0. The molecule has 0 heterocycles. The van der Waals surface area contributed by atoms with E-state index < -0.39 is 5.92 Å². The molecule has 0 radical (unpaired) electrons. The fraction of sp³-hybridized carbons (Fsp3) is 0.906. The summed E-state index contributed by atoms with van der Waals surface area (Å²) >= 11 is 0. The number of rotatable bonds is 48. The lowest BCUT2D eigenvalue weighted by atomic mass is 10.0. The molecule has 64 heavy (non-hydrogen) atoms. The molecule has 0 aliphatic heterocycles. The van der Waals surface area contributed by atoms with Gasteiger partial charge in [-0.1, -0.05) is 163 Å². The van der Waals surface area contributed by atoms with Gasteiger partial charge >= 0.3 is 29.8 Å². The van der Waals surface area contributed by atoms with Gasteiger partial charge in [0.2, 0.25) is 0 Å². The summed E-state index contributed by atoms with van der Waals surface area (Å²) in [5.74, 6) is -1.86. The third-order valence-corrected chi connectivity index (χ3v) is 12.1. The van der Waals surface area contributed by atoms with Crippen LogP contribution in [0.25, 0.3) is 0 Å². The minimum absolute atomic E-state index is 0.0192. The second-order valence-electron chi connectivity index (χ2n) is 18.1. The SMILES string of the molecule is CCCCCCCCCCOC(=O)CCCCCC(=O)OCC(COC(=O)CCCCCCC(=O)OC(CCCCCCCC)CCCCCCCC)COC(=O)CCN(CC)CC. The van der Waals surface area contributed by atoms with E-state index in [2.05, 4.69) is 25.7 Å². The summed E-state index contributed by atoms with van der Waals surface area (Å²) in [5.41, 5.74) is 0. The van der Waals surface area contributed by atoms with E-state index in [0.29, 0.717) is 51.7 Å². The van der Waals surface area contributed by atoms with Crippen LogP contribution in [-0.4, -0.2) is 86.9 Å². The van der Waals surface area contributed by atoms with Crippen LogP contribution in [0.1, 0.15) is 253 Å². The molecule has 1 atom stereocenters. The summed E-state index contributed by atoms with van der Waals surface area (Å²) in [4.78, 5) is 64.8. The highest BCUT2D eigenvalue weighted by Crippen LogP contribution is 2.19. The number of hydrogen-bond donors (Lipinski definition) is 0. The topological polar surface area (TPSA) is 135 Å². The Bertz CT molecular complexity index is 1100. The molecule has 0 rings (SSSR count). The van der Waals surface area contributed by atoms with Crippen LogP contribution in [0.5, 0.6) is 0 Å². The minimum atomic E-state index is -0.488. The molecule has 0 amide bonds. The van der Waals surface area contributed by atoms with E-state index in [1.807, 2.05) is 13.8 Å². The largest absolute Gasteiger partial charge is 0.466 e. The number of carbonyl (C=O) groups excluding carboxylic acids is 5. The van der Waals surface area contributed by atoms with E-state index in [9.17, 15) is 24.0 Å². The van der Waals surface area contributed by atoms with E-state index in [1.54, 1.807) is 0 Å². The van der Waals surface area contributed by atoms with Gasteiger partial charge in [-0.25, -0.2) is 0 Å². The van der Waals surface area contributed by atoms with Crippen molar-refractivity contribution in [3.8, 4) is 0 Å². The van der Waals surface area contributed by atoms with Crippen LogP contribution in [-0.2, 0) is 47.7 Å². The summed E-state index contributed by atoms with van der Waals surface area (Å²) in [6.45, 7) is 13.4. The minimum Gasteiger partial charge on any atom is -0.466 e. The molecule has 0 N–H and O–H groups in total. The molecule has 11 heteroatoms. The average molecular weight is 910 g/mol. The van der Waals surface area contributed by atoms with Crippen molar-refractivity contribution in [2.75, 3.05) is 46.1 Å². The van der Waals surface area contributed by atoms with E-state index >= 15 is 0 Å². The predicted molar refractivity (Wildman–Crippen MR) is 259 cm³/mol. The average Bonchev–Trinajstić information content (AvgIpc) is 3.28. The first-order valence-electron chi connectivity index (χ1n) is 26.7. The maximum absolute atomic E-state index is 12.8. The molecule has 0 aliphatic rings. The third-order valence-electron chi connectivity index (χ3n) is 12.1. The lowest BCUT2D eigenvalue weighted by Crippen LogP contribution is -2.29. The van der Waals surface area contributed by atoms with Crippen molar-refractivity contribution in [3.05, 3.63) is 0 Å². The van der Waals surface area contributed by atoms with Gasteiger partial charge in [-0.15, -0.1) is 0 Å². The normalized spacial score (nSPS) is 11.8. The molecule has 0 saturated carbocycles. The van der Waals surface area contributed by atoms with Gasteiger partial charge in [0.15, 0.2) is 0 Å². The van der Waals surface area contributed by atoms with Crippen molar-refractivity contribution >= 4 is 29.8 Å². The fourth-order valence-corrected chi connectivity index (χ4v) is 7.70. The van der Waals surface area contributed by atoms with Crippen LogP contribution in [0.4, 0.5) is 0 Å². The van der Waals surface area contributed by atoms with Gasteiger partial charge in [-0.05, 0) is 70.9 Å². The van der Waals surface area contributed by atoms with Crippen LogP contribution in [0, 0.1) is 5.92 Å². The number of carbonyl (C=O) groups is 5. The zero-order chi connectivity index (χ0) is 47.1. The van der Waals surface area contributed by atoms with Crippen molar-refractivity contribution in [2.24, 2.45) is 5.92 Å². The van der Waals surface area contributed by atoms with Crippen LogP contribution < -0.4 is 0 Å². The number of unbranched alkanes of at least 4 members (excludes halogenated alkanes) is 22. The monoisotopic (exact) mass is 910 g/mol. The van der Waals surface area contributed by atoms with Gasteiger partial charge in [0.25, 0.3) is 0 Å². The number of hydrogen-bond acceptors (Lipinski definition) is 11. The molecule has 0 fully saturated rings. The van der Waals surface area contributed by atoms with Gasteiger partial charge in [-0.3, -0.25) is 24.0 Å². The van der Waals surface area contributed by atoms with Crippen molar-refractivity contribution < 1.29 is 47.7 Å². The first-order chi connectivity index (χ1) is 31.2. The van der Waals surface area contributed by atoms with E-state index in [1.165, 1.54) is 103 Å². The zero-order valence-corrected chi connectivity index (χ0v) is 42.2. The van der Waals surface area contributed by atoms with Crippen LogP contribution in [0.2, 0.25) is 0 Å². The van der Waals surface area contributed by atoms with Crippen LogP contribution >= 0.6 is 0 Å². The molecule has 0 aromatic heterocycles. The highest BCUT2D eigenvalue weighted by molar-refractivity contribution is 5.71. The van der Waals surface area contributed by atoms with E-state index in [0.717, 1.165) is 70.9 Å². The maximum Gasteiger partial charge on any atom is 0.307 e. The highest BCUT2D eigenvalue weighted by Gasteiger charge is 2.19. The standard InChI is InChI=1S/C53H99NO10/c1-6-11-14-17-20-21-26-34-43-60-49(55)37-32-27-33-39-51(57)62-45-47(46-63-52(58)41-42-54(9-4)10-5)44-61-50(56)38-30-24-25-31-40-53(59)64-48(35-28-22-18-15-12-7-2)36-29-23-19-16-13-8-3/h47-48H,6-46H2,1-5H3. The Morgan fingerprint density at radius 3 is 1.11 bits per heavy atom. The van der Waals surface area contributed by atoms with Gasteiger partial charge in [0, 0.05) is 32.2 Å². The Morgan fingerprint density at radius 2 is 0.688 bits per heavy atom. The lowest BCUT2D eigenvalue weighted by Gasteiger charge is -2.19. The number of nitrogens with zero attached hydrogens (tertiary/aromatic N) is 1. The second kappa shape index (κ2) is 46.8. The quantitative estimate of drug-likeness (QED) is 0.0328. The maximum atomic E-state index is 12.8. The Morgan fingerprint density at radius 1 is 0.359 bits per heavy atom. The van der Waals surface area contributed by atoms with Gasteiger partial charge in [0.1, 0.15) is 25.9 Å². The first kappa shape index (κ1) is 61.3. The second-order valence-corrected chi connectivity index (χ2v) is 18.1. The molecule has 0 bridgehead atoms. The number of esters is 5. The molecule has 11 nitrogen and oxygen atoms in total. The van der Waals surface area contributed by atoms with Crippen molar-refractivity contribution in [3.63, 3.8) is 0 Å². The molecular formula is C53H99NO10. The predicted octanol–water partition coefficient (Wildman–Crippen LogP) is 13.4. The van der Waals surface area contributed by atoms with Gasteiger partial charge < -0.3 is 28.6 Å². The molecule has 0 aromatic rings. The third kappa shape index (κ3) is 42.0. The smallest absolute Gasteiger partial charge is 0.307 e. The molecule has 0 aliphatic carbocycles. The van der Waals surface area contributed by atoms with Crippen molar-refractivity contribution in [1.82, 2.24) is 4.90 Å². The summed E-state index contributed by atoms with van der Waals surface area (Å²) in [5, 5.41) is 0. The summed E-state index contributed by atoms with van der Waals surface area (Å²) in [6.07, 6.45) is 32.7. The van der Waals surface area contributed by atoms with Gasteiger partial charge in [0.05, 0.1) is 18.9 Å². The Balaban J connectivity index is 4.59. The lowest BCUT2D eigenvalue weighted by molar-refractivity contribution is -0.154. The molecule has 0 aromatic carbocycles. The zero-order valence-electron chi connectivity index (χ0n) is 42.2.